The van der Waals surface area contributed by atoms with E-state index in [4.69, 9.17) is 4.74 Å². The quantitative estimate of drug-likeness (QED) is 0.385. The maximum absolute atomic E-state index is 13.1. The van der Waals surface area contributed by atoms with Crippen molar-refractivity contribution in [1.82, 2.24) is 26.1 Å². The monoisotopic (exact) mass is 484 g/mol. The van der Waals surface area contributed by atoms with E-state index < -0.39 is 11.9 Å². The predicted octanol–water partition coefficient (Wildman–Crippen LogP) is 1.84. The van der Waals surface area contributed by atoms with Crippen molar-refractivity contribution >= 4 is 40.2 Å². The first-order chi connectivity index (χ1) is 16.4. The van der Waals surface area contributed by atoms with Gasteiger partial charge in [-0.05, 0) is 25.0 Å². The van der Waals surface area contributed by atoms with E-state index in [1.165, 1.54) is 18.4 Å². The summed E-state index contributed by atoms with van der Waals surface area (Å²) in [6, 6.07) is 5.05. The molecule has 3 heterocycles. The van der Waals surface area contributed by atoms with E-state index in [9.17, 15) is 19.2 Å². The van der Waals surface area contributed by atoms with E-state index in [0.717, 1.165) is 23.4 Å². The van der Waals surface area contributed by atoms with Gasteiger partial charge in [-0.15, -0.1) is 0 Å². The SMILES string of the molecule is CNC(=O)Nc1nc2c(s1)[C@@H]1COC[C@H](C2)N1C(=O)NNC(=O)c1cccc(C(=O)C2CC2)c1. The highest BCUT2D eigenvalue weighted by Crippen LogP contribution is 2.41. The molecule has 11 nitrogen and oxygen atoms in total. The summed E-state index contributed by atoms with van der Waals surface area (Å²) in [4.78, 5) is 56.6. The summed E-state index contributed by atoms with van der Waals surface area (Å²) in [7, 11) is 1.52. The second kappa shape index (κ2) is 9.03. The van der Waals surface area contributed by atoms with Gasteiger partial charge in [0.2, 0.25) is 0 Å². The van der Waals surface area contributed by atoms with E-state index >= 15 is 0 Å². The molecule has 12 heteroatoms. The number of anilines is 1. The predicted molar refractivity (Wildman–Crippen MR) is 123 cm³/mol. The van der Waals surface area contributed by atoms with Crippen molar-refractivity contribution in [1.29, 1.82) is 0 Å². The summed E-state index contributed by atoms with van der Waals surface area (Å²) in [6.45, 7) is 0.635. The number of carbonyl (C=O) groups is 4. The number of morpholine rings is 1. The molecule has 2 aromatic rings. The van der Waals surface area contributed by atoms with E-state index in [0.29, 0.717) is 29.3 Å². The van der Waals surface area contributed by atoms with Crippen LogP contribution in [-0.4, -0.2) is 59.9 Å². The molecule has 2 aliphatic heterocycles. The van der Waals surface area contributed by atoms with Crippen molar-refractivity contribution in [2.75, 3.05) is 25.6 Å². The van der Waals surface area contributed by atoms with Crippen molar-refractivity contribution in [2.45, 2.75) is 31.3 Å². The molecular formula is C22H24N6O5S. The number of amides is 5. The third-order valence-electron chi connectivity index (χ3n) is 6.10. The lowest BCUT2D eigenvalue weighted by atomic mass is 9.97. The van der Waals surface area contributed by atoms with Gasteiger partial charge >= 0.3 is 12.1 Å². The molecule has 5 rings (SSSR count). The Kier molecular flexibility index (Phi) is 5.92. The molecule has 0 radical (unpaired) electrons. The van der Waals surface area contributed by atoms with Crippen molar-refractivity contribution in [3.05, 3.63) is 46.0 Å². The molecule has 1 aliphatic carbocycles. The van der Waals surface area contributed by atoms with Gasteiger partial charge in [0.1, 0.15) is 0 Å². The molecule has 2 atom stereocenters. The Morgan fingerprint density at radius 3 is 2.68 bits per heavy atom. The van der Waals surface area contributed by atoms with Gasteiger partial charge < -0.3 is 15.0 Å². The van der Waals surface area contributed by atoms with Gasteiger partial charge in [-0.25, -0.2) is 20.0 Å². The Balaban J connectivity index is 1.26. The first-order valence-electron chi connectivity index (χ1n) is 11.0. The molecule has 34 heavy (non-hydrogen) atoms. The standard InChI is InChI=1S/C22H24N6O5S/c1-23-20(31)25-21-24-15-8-14-9-33-10-16(18(15)34-21)28(14)22(32)27-26-19(30)13-4-2-3-12(7-13)17(29)11-5-6-11/h2-4,7,11,14,16H,5-6,8-10H2,1H3,(H,26,30)(H,27,32)(H2,23,24,25,31)/t14-,16-/m0/s1. The van der Waals surface area contributed by atoms with Gasteiger partial charge in [-0.3, -0.25) is 20.3 Å². The fourth-order valence-corrected chi connectivity index (χ4v) is 5.32. The Labute approximate surface area is 199 Å². The van der Waals surface area contributed by atoms with Crippen LogP contribution in [0.4, 0.5) is 14.7 Å². The highest BCUT2D eigenvalue weighted by molar-refractivity contribution is 7.16. The minimum Gasteiger partial charge on any atom is -0.377 e. The van der Waals surface area contributed by atoms with Crippen LogP contribution >= 0.6 is 11.3 Å². The van der Waals surface area contributed by atoms with E-state index in [-0.39, 0.29) is 36.4 Å². The second-order valence-corrected chi connectivity index (χ2v) is 9.49. The van der Waals surface area contributed by atoms with Crippen molar-refractivity contribution in [3.63, 3.8) is 0 Å². The smallest absolute Gasteiger partial charge is 0.337 e. The summed E-state index contributed by atoms with van der Waals surface area (Å²) >= 11 is 1.30. The lowest BCUT2D eigenvalue weighted by Gasteiger charge is -2.44. The number of rotatable bonds is 4. The molecule has 3 aliphatic rings. The summed E-state index contributed by atoms with van der Waals surface area (Å²) in [5, 5.41) is 5.61. The maximum Gasteiger partial charge on any atom is 0.337 e. The third-order valence-corrected chi connectivity index (χ3v) is 7.21. The molecular weight excluding hydrogens is 460 g/mol. The first kappa shape index (κ1) is 22.3. The number of ether oxygens (including phenoxy) is 1. The molecule has 178 valence electrons. The minimum absolute atomic E-state index is 0.0467. The number of Topliss-reactive ketones (excluding diaryl/α,β-unsaturated/α-hetero) is 1. The van der Waals surface area contributed by atoms with Crippen molar-refractivity contribution in [2.24, 2.45) is 5.92 Å². The number of urea groups is 2. The number of nitrogens with one attached hydrogen (secondary N) is 4. The summed E-state index contributed by atoms with van der Waals surface area (Å²) in [5.74, 6) is -0.402. The maximum atomic E-state index is 13.1. The first-order valence-corrected chi connectivity index (χ1v) is 11.8. The molecule has 1 saturated heterocycles. The summed E-state index contributed by atoms with van der Waals surface area (Å²) in [6.07, 6.45) is 2.25. The normalized spacial score (nSPS) is 20.7. The Hall–Kier alpha value is -3.51. The molecule has 1 aromatic heterocycles. The Morgan fingerprint density at radius 2 is 1.91 bits per heavy atom. The molecule has 0 spiro atoms. The van der Waals surface area contributed by atoms with Gasteiger partial charge in [-0.1, -0.05) is 23.5 Å². The van der Waals surface area contributed by atoms with Crippen molar-refractivity contribution < 1.29 is 23.9 Å². The van der Waals surface area contributed by atoms with Gasteiger partial charge in [0, 0.05) is 30.5 Å². The second-order valence-electron chi connectivity index (χ2n) is 8.46. The van der Waals surface area contributed by atoms with Crippen LogP contribution in [0.15, 0.2) is 24.3 Å². The fourth-order valence-electron chi connectivity index (χ4n) is 4.25. The van der Waals surface area contributed by atoms with Crippen molar-refractivity contribution in [3.8, 4) is 0 Å². The number of carbonyl (C=O) groups excluding carboxylic acids is 4. The van der Waals surface area contributed by atoms with Gasteiger partial charge in [0.15, 0.2) is 10.9 Å². The average Bonchev–Trinajstić information content (AvgIpc) is 3.62. The van der Waals surface area contributed by atoms with Crippen LogP contribution in [0.1, 0.15) is 50.2 Å². The molecule has 0 unspecified atom stereocenters. The molecule has 2 fully saturated rings. The number of benzene rings is 1. The Morgan fingerprint density at radius 1 is 1.12 bits per heavy atom. The molecule has 1 aromatic carbocycles. The number of hydrogen-bond donors (Lipinski definition) is 4. The molecule has 2 bridgehead atoms. The summed E-state index contributed by atoms with van der Waals surface area (Å²) < 4.78 is 5.68. The van der Waals surface area contributed by atoms with E-state index in [1.54, 1.807) is 29.2 Å². The number of nitrogens with zero attached hydrogens (tertiary/aromatic N) is 2. The number of ketones is 1. The highest BCUT2D eigenvalue weighted by Gasteiger charge is 2.43. The van der Waals surface area contributed by atoms with E-state index in [1.807, 2.05) is 0 Å². The van der Waals surface area contributed by atoms with Crippen LogP contribution in [0.25, 0.3) is 0 Å². The van der Waals surface area contributed by atoms with Crippen LogP contribution in [0.5, 0.6) is 0 Å². The van der Waals surface area contributed by atoms with Gasteiger partial charge in [0.05, 0.1) is 35.9 Å². The number of thiazole rings is 1. The van der Waals surface area contributed by atoms with E-state index in [2.05, 4.69) is 26.5 Å². The van der Waals surface area contributed by atoms with Crippen LogP contribution in [0, 0.1) is 5.92 Å². The number of fused-ring (bicyclic) bond motifs is 4. The van der Waals surface area contributed by atoms with Crippen LogP contribution < -0.4 is 21.5 Å². The van der Waals surface area contributed by atoms with Crippen LogP contribution in [0.3, 0.4) is 0 Å². The fraction of sp³-hybridized carbons (Fsp3) is 0.409. The number of hydrogen-bond acceptors (Lipinski definition) is 7. The lowest BCUT2D eigenvalue weighted by Crippen LogP contribution is -2.59. The topological polar surface area (TPSA) is 142 Å². The number of aromatic nitrogens is 1. The minimum atomic E-state index is -0.507. The zero-order valence-electron chi connectivity index (χ0n) is 18.4. The lowest BCUT2D eigenvalue weighted by molar-refractivity contribution is -0.0342. The van der Waals surface area contributed by atoms with Crippen LogP contribution in [0.2, 0.25) is 0 Å². The molecule has 1 saturated carbocycles. The highest BCUT2D eigenvalue weighted by atomic mass is 32.1. The zero-order valence-corrected chi connectivity index (χ0v) is 19.2. The Bertz CT molecular complexity index is 1160. The third kappa shape index (κ3) is 4.33. The average molecular weight is 485 g/mol. The molecule has 4 N–H and O–H groups in total. The zero-order chi connectivity index (χ0) is 23.8. The van der Waals surface area contributed by atoms with Gasteiger partial charge in [0.25, 0.3) is 5.91 Å². The van der Waals surface area contributed by atoms with Gasteiger partial charge in [-0.2, -0.15) is 0 Å². The molecule has 5 amide bonds. The largest absolute Gasteiger partial charge is 0.377 e. The number of hydrazine groups is 1. The van der Waals surface area contributed by atoms with Crippen LogP contribution in [-0.2, 0) is 11.2 Å². The summed E-state index contributed by atoms with van der Waals surface area (Å²) in [5.41, 5.74) is 6.57.